The largest absolute Gasteiger partial charge is 0.395 e. The van der Waals surface area contributed by atoms with Crippen molar-refractivity contribution in [3.8, 4) is 0 Å². The lowest BCUT2D eigenvalue weighted by atomic mass is 10.2. The zero-order chi connectivity index (χ0) is 14.8. The van der Waals surface area contributed by atoms with Gasteiger partial charge in [-0.25, -0.2) is 0 Å². The summed E-state index contributed by atoms with van der Waals surface area (Å²) < 4.78 is 0. The standard InChI is InChI=1S/C14H20N4OS/c1-3-8-15-14(20)17-16-11-12-4-6-13(7-5-12)18(2)9-10-19/h3-7,11,19H,1,8-10H2,2H3,(H2,15,17,20)/b16-11+. The highest BCUT2D eigenvalue weighted by Crippen LogP contribution is 2.12. The van der Waals surface area contributed by atoms with Gasteiger partial charge in [-0.1, -0.05) is 18.2 Å². The summed E-state index contributed by atoms with van der Waals surface area (Å²) in [4.78, 5) is 1.98. The second kappa shape index (κ2) is 9.06. The van der Waals surface area contributed by atoms with Gasteiger partial charge in [0, 0.05) is 25.8 Å². The Morgan fingerprint density at radius 2 is 2.15 bits per heavy atom. The minimum atomic E-state index is 0.138. The van der Waals surface area contributed by atoms with Gasteiger partial charge in [-0.3, -0.25) is 5.43 Å². The lowest BCUT2D eigenvalue weighted by Gasteiger charge is -2.17. The molecule has 0 aromatic heterocycles. The van der Waals surface area contributed by atoms with Crippen LogP contribution in [0.15, 0.2) is 42.0 Å². The number of rotatable bonds is 7. The highest BCUT2D eigenvalue weighted by atomic mass is 32.1. The minimum Gasteiger partial charge on any atom is -0.395 e. The van der Waals surface area contributed by atoms with E-state index in [0.717, 1.165) is 11.3 Å². The number of aliphatic hydroxyl groups excluding tert-OH is 1. The summed E-state index contributed by atoms with van der Waals surface area (Å²) in [5, 5.41) is 16.3. The molecule has 0 fully saturated rings. The first kappa shape index (κ1) is 16.1. The average molecular weight is 292 g/mol. The van der Waals surface area contributed by atoms with Crippen molar-refractivity contribution in [2.75, 3.05) is 31.6 Å². The zero-order valence-corrected chi connectivity index (χ0v) is 12.4. The van der Waals surface area contributed by atoms with E-state index in [1.807, 2.05) is 36.2 Å². The molecule has 0 aliphatic rings. The lowest BCUT2D eigenvalue weighted by molar-refractivity contribution is 0.304. The van der Waals surface area contributed by atoms with E-state index in [0.29, 0.717) is 18.2 Å². The van der Waals surface area contributed by atoms with E-state index >= 15 is 0 Å². The summed E-state index contributed by atoms with van der Waals surface area (Å²) in [6.07, 6.45) is 3.41. The Morgan fingerprint density at radius 1 is 1.45 bits per heavy atom. The molecular weight excluding hydrogens is 272 g/mol. The van der Waals surface area contributed by atoms with E-state index in [-0.39, 0.29) is 6.61 Å². The summed E-state index contributed by atoms with van der Waals surface area (Å²) in [7, 11) is 1.94. The van der Waals surface area contributed by atoms with Crippen molar-refractivity contribution < 1.29 is 5.11 Å². The molecule has 1 aromatic rings. The van der Waals surface area contributed by atoms with Gasteiger partial charge in [0.05, 0.1) is 12.8 Å². The van der Waals surface area contributed by atoms with Crippen molar-refractivity contribution in [1.29, 1.82) is 0 Å². The van der Waals surface area contributed by atoms with Crippen molar-refractivity contribution in [2.24, 2.45) is 5.10 Å². The van der Waals surface area contributed by atoms with Gasteiger partial charge in [-0.05, 0) is 29.9 Å². The second-order valence-corrected chi connectivity index (χ2v) is 4.51. The monoisotopic (exact) mass is 292 g/mol. The average Bonchev–Trinajstić information content (AvgIpc) is 2.46. The summed E-state index contributed by atoms with van der Waals surface area (Å²) in [6.45, 7) is 4.94. The fourth-order valence-corrected chi connectivity index (χ4v) is 1.60. The van der Waals surface area contributed by atoms with Crippen LogP contribution in [0, 0.1) is 0 Å². The highest BCUT2D eigenvalue weighted by Gasteiger charge is 1.98. The third-order valence-corrected chi connectivity index (χ3v) is 2.79. The van der Waals surface area contributed by atoms with Gasteiger partial charge in [0.15, 0.2) is 5.11 Å². The maximum absolute atomic E-state index is 8.89. The molecular formula is C14H20N4OS. The zero-order valence-electron chi connectivity index (χ0n) is 11.5. The van der Waals surface area contributed by atoms with Gasteiger partial charge in [-0.2, -0.15) is 5.10 Å². The Bertz CT molecular complexity index is 459. The molecule has 0 unspecified atom stereocenters. The van der Waals surface area contributed by atoms with E-state index < -0.39 is 0 Å². The van der Waals surface area contributed by atoms with E-state index in [4.69, 9.17) is 17.3 Å². The second-order valence-electron chi connectivity index (χ2n) is 4.11. The molecule has 0 atom stereocenters. The number of likely N-dealkylation sites (N-methyl/N-ethyl adjacent to an activating group) is 1. The Morgan fingerprint density at radius 3 is 2.75 bits per heavy atom. The van der Waals surface area contributed by atoms with Gasteiger partial charge >= 0.3 is 0 Å². The Hall–Kier alpha value is -1.92. The van der Waals surface area contributed by atoms with Crippen LogP contribution in [0.4, 0.5) is 5.69 Å². The predicted molar refractivity (Wildman–Crippen MR) is 88.3 cm³/mol. The number of hydrogen-bond donors (Lipinski definition) is 3. The Labute approximate surface area is 125 Å². The van der Waals surface area contributed by atoms with Crippen LogP contribution >= 0.6 is 12.2 Å². The first-order valence-electron chi connectivity index (χ1n) is 6.27. The molecule has 0 saturated heterocycles. The smallest absolute Gasteiger partial charge is 0.187 e. The summed E-state index contributed by atoms with van der Waals surface area (Å²) >= 11 is 5.00. The van der Waals surface area contributed by atoms with Gasteiger partial charge in [0.1, 0.15) is 0 Å². The molecule has 5 nitrogen and oxygen atoms in total. The number of benzene rings is 1. The Kier molecular flexibility index (Phi) is 7.31. The number of nitrogens with one attached hydrogen (secondary N) is 2. The minimum absolute atomic E-state index is 0.138. The van der Waals surface area contributed by atoms with Crippen molar-refractivity contribution in [1.82, 2.24) is 10.7 Å². The topological polar surface area (TPSA) is 59.9 Å². The SMILES string of the molecule is C=CCNC(=S)N/N=C/c1ccc(N(C)CCO)cc1. The van der Waals surface area contributed by atoms with Crippen LogP contribution in [0.3, 0.4) is 0 Å². The molecule has 0 spiro atoms. The lowest BCUT2D eigenvalue weighted by Crippen LogP contribution is -2.31. The van der Waals surface area contributed by atoms with Gasteiger partial charge in [0.25, 0.3) is 0 Å². The number of hydrazone groups is 1. The van der Waals surface area contributed by atoms with Gasteiger partial charge in [0.2, 0.25) is 0 Å². The molecule has 0 aliphatic carbocycles. The number of hydrogen-bond acceptors (Lipinski definition) is 4. The van der Waals surface area contributed by atoms with Crippen LogP contribution in [0.5, 0.6) is 0 Å². The van der Waals surface area contributed by atoms with Gasteiger partial charge < -0.3 is 15.3 Å². The van der Waals surface area contributed by atoms with Crippen LogP contribution < -0.4 is 15.6 Å². The number of aliphatic hydroxyl groups is 1. The predicted octanol–water partition coefficient (Wildman–Crippen LogP) is 1.10. The van der Waals surface area contributed by atoms with Crippen molar-refractivity contribution >= 4 is 29.2 Å². The molecule has 0 bridgehead atoms. The van der Waals surface area contributed by atoms with Crippen LogP contribution in [0.1, 0.15) is 5.56 Å². The third-order valence-electron chi connectivity index (χ3n) is 2.56. The molecule has 20 heavy (non-hydrogen) atoms. The molecule has 108 valence electrons. The molecule has 0 amide bonds. The van der Waals surface area contributed by atoms with Crippen LogP contribution in [0.2, 0.25) is 0 Å². The maximum Gasteiger partial charge on any atom is 0.187 e. The van der Waals surface area contributed by atoms with Crippen molar-refractivity contribution in [2.45, 2.75) is 0 Å². The number of nitrogens with zero attached hydrogens (tertiary/aromatic N) is 2. The van der Waals surface area contributed by atoms with E-state index in [1.165, 1.54) is 0 Å². The fourth-order valence-electron chi connectivity index (χ4n) is 1.46. The molecule has 0 radical (unpaired) electrons. The number of thiocarbonyl (C=S) groups is 1. The molecule has 0 saturated carbocycles. The maximum atomic E-state index is 8.89. The van der Waals surface area contributed by atoms with Gasteiger partial charge in [-0.15, -0.1) is 6.58 Å². The van der Waals surface area contributed by atoms with Crippen molar-refractivity contribution in [3.63, 3.8) is 0 Å². The van der Waals surface area contributed by atoms with Crippen LogP contribution in [-0.2, 0) is 0 Å². The summed E-state index contributed by atoms with van der Waals surface area (Å²) in [5.74, 6) is 0. The highest BCUT2D eigenvalue weighted by molar-refractivity contribution is 7.80. The van der Waals surface area contributed by atoms with E-state index in [2.05, 4.69) is 22.4 Å². The van der Waals surface area contributed by atoms with E-state index in [9.17, 15) is 0 Å². The van der Waals surface area contributed by atoms with E-state index in [1.54, 1.807) is 12.3 Å². The quantitative estimate of drug-likeness (QED) is 0.304. The Balaban J connectivity index is 2.48. The molecule has 0 heterocycles. The third kappa shape index (κ3) is 5.81. The first-order chi connectivity index (χ1) is 9.67. The first-order valence-corrected chi connectivity index (χ1v) is 6.68. The molecule has 1 rings (SSSR count). The van der Waals surface area contributed by atoms with Crippen LogP contribution in [-0.4, -0.2) is 43.2 Å². The number of anilines is 1. The molecule has 6 heteroatoms. The summed E-state index contributed by atoms with van der Waals surface area (Å²) in [6, 6.07) is 7.86. The fraction of sp³-hybridized carbons (Fsp3) is 0.286. The molecule has 3 N–H and O–H groups in total. The molecule has 0 aliphatic heterocycles. The van der Waals surface area contributed by atoms with Crippen molar-refractivity contribution in [3.05, 3.63) is 42.5 Å². The normalized spacial score (nSPS) is 10.3. The molecule has 1 aromatic carbocycles. The summed E-state index contributed by atoms with van der Waals surface area (Å²) in [5.41, 5.74) is 4.73. The van der Waals surface area contributed by atoms with Crippen LogP contribution in [0.25, 0.3) is 0 Å².